The summed E-state index contributed by atoms with van der Waals surface area (Å²) in [6.45, 7) is -1.17. The maximum Gasteiger partial charge on any atom is 0.185 e. The number of aliphatic hydroxyl groups is 2. The van der Waals surface area contributed by atoms with E-state index in [1.54, 1.807) is 24.3 Å². The molecule has 2 aromatic heterocycles. The normalized spacial score (nSPS) is 12.6. The molecular formula is C18H17F4N3O2. The van der Waals surface area contributed by atoms with Crippen molar-refractivity contribution in [2.75, 3.05) is 18.5 Å². The largest absolute Gasteiger partial charge is 0.394 e. The average molecular weight is 383 g/mol. The zero-order valence-corrected chi connectivity index (χ0v) is 13.9. The minimum absolute atomic E-state index is 0.338. The molecule has 9 heteroatoms. The molecular weight excluding hydrogens is 366 g/mol. The van der Waals surface area contributed by atoms with Crippen LogP contribution in [0, 0.1) is 23.3 Å². The Balaban J connectivity index is 2.12. The van der Waals surface area contributed by atoms with Gasteiger partial charge in [0, 0.05) is 35.9 Å². The number of hydrogen-bond acceptors (Lipinski definition) is 3. The lowest BCUT2D eigenvalue weighted by Gasteiger charge is -2.20. The highest BCUT2D eigenvalue weighted by Crippen LogP contribution is 2.38. The number of nitrogens with one attached hydrogen (secondary N) is 3. The van der Waals surface area contributed by atoms with Crippen LogP contribution in [0.5, 0.6) is 0 Å². The van der Waals surface area contributed by atoms with Crippen LogP contribution in [0.1, 0.15) is 22.9 Å². The fraction of sp³-hybridized carbons (Fsp3) is 0.222. The van der Waals surface area contributed by atoms with Crippen molar-refractivity contribution in [3.8, 4) is 0 Å². The van der Waals surface area contributed by atoms with Gasteiger partial charge in [-0.1, -0.05) is 0 Å². The molecule has 0 saturated heterocycles. The number of aromatic amines is 2. The summed E-state index contributed by atoms with van der Waals surface area (Å²) in [5, 5.41) is 20.1. The number of aromatic nitrogens is 2. The Bertz CT molecular complexity index is 835. The molecule has 0 saturated carbocycles. The molecule has 27 heavy (non-hydrogen) atoms. The van der Waals surface area contributed by atoms with E-state index in [1.807, 2.05) is 0 Å². The Morgan fingerprint density at radius 2 is 1.41 bits per heavy atom. The zero-order chi connectivity index (χ0) is 19.6. The van der Waals surface area contributed by atoms with Gasteiger partial charge in [0.1, 0.15) is 5.69 Å². The van der Waals surface area contributed by atoms with Crippen LogP contribution in [0.3, 0.4) is 0 Å². The van der Waals surface area contributed by atoms with Crippen molar-refractivity contribution in [1.29, 1.82) is 0 Å². The Labute approximate surface area is 151 Å². The summed E-state index contributed by atoms with van der Waals surface area (Å²) < 4.78 is 58.5. The van der Waals surface area contributed by atoms with Gasteiger partial charge in [0.15, 0.2) is 23.3 Å². The average Bonchev–Trinajstić information content (AvgIpc) is 3.37. The summed E-state index contributed by atoms with van der Waals surface area (Å²) in [6.07, 6.45) is 1.71. The van der Waals surface area contributed by atoms with Gasteiger partial charge in [-0.05, 0) is 24.3 Å². The molecule has 0 aliphatic rings. The Morgan fingerprint density at radius 1 is 0.889 bits per heavy atom. The van der Waals surface area contributed by atoms with Gasteiger partial charge in [0.25, 0.3) is 0 Å². The van der Waals surface area contributed by atoms with E-state index in [0.717, 1.165) is 0 Å². The number of benzene rings is 1. The van der Waals surface area contributed by atoms with E-state index in [-0.39, 0.29) is 0 Å². The molecule has 144 valence electrons. The summed E-state index contributed by atoms with van der Waals surface area (Å²) in [5.41, 5.74) is -1.16. The highest BCUT2D eigenvalue weighted by atomic mass is 19.2. The van der Waals surface area contributed by atoms with Gasteiger partial charge < -0.3 is 25.5 Å². The molecule has 0 radical (unpaired) electrons. The summed E-state index contributed by atoms with van der Waals surface area (Å²) >= 11 is 0. The summed E-state index contributed by atoms with van der Waals surface area (Å²) in [4.78, 5) is 5.61. The number of hydrogen-bond donors (Lipinski definition) is 5. The van der Waals surface area contributed by atoms with Crippen molar-refractivity contribution in [2.24, 2.45) is 0 Å². The van der Waals surface area contributed by atoms with Gasteiger partial charge in [0.2, 0.25) is 0 Å². The molecule has 3 aromatic rings. The van der Waals surface area contributed by atoms with Gasteiger partial charge in [0.05, 0.1) is 18.6 Å². The van der Waals surface area contributed by atoms with E-state index in [0.29, 0.717) is 11.4 Å². The minimum atomic E-state index is -1.61. The molecule has 1 atom stereocenters. The minimum Gasteiger partial charge on any atom is -0.394 e. The molecule has 0 bridgehead atoms. The first kappa shape index (κ1) is 19.0. The van der Waals surface area contributed by atoms with Gasteiger partial charge >= 0.3 is 0 Å². The van der Waals surface area contributed by atoms with Crippen molar-refractivity contribution < 1.29 is 27.8 Å². The third kappa shape index (κ3) is 3.56. The Kier molecular flexibility index (Phi) is 5.52. The first-order valence-electron chi connectivity index (χ1n) is 8.10. The molecule has 0 aliphatic carbocycles. The smallest absolute Gasteiger partial charge is 0.185 e. The summed E-state index contributed by atoms with van der Waals surface area (Å²) in [6, 6.07) is 6.29. The Hall–Kier alpha value is -2.78. The molecule has 1 aromatic carbocycles. The third-order valence-electron chi connectivity index (χ3n) is 4.18. The van der Waals surface area contributed by atoms with E-state index in [2.05, 4.69) is 15.3 Å². The van der Waals surface area contributed by atoms with Crippen LogP contribution in [0.2, 0.25) is 0 Å². The number of halogens is 4. The van der Waals surface area contributed by atoms with Crippen molar-refractivity contribution >= 4 is 5.69 Å². The second-order valence-electron chi connectivity index (χ2n) is 5.95. The molecule has 3 rings (SSSR count). The molecule has 0 spiro atoms. The summed E-state index contributed by atoms with van der Waals surface area (Å²) in [5.74, 6) is -7.46. The van der Waals surface area contributed by atoms with Gasteiger partial charge in [-0.15, -0.1) is 0 Å². The quantitative estimate of drug-likeness (QED) is 0.321. The SMILES string of the molecule is OC[C@H](O)CNc1c(F)c(F)c(C(c2ccc[nH]2)c2ccc[nH]2)c(F)c1F. The fourth-order valence-electron chi connectivity index (χ4n) is 2.87. The second-order valence-corrected chi connectivity index (χ2v) is 5.95. The third-order valence-corrected chi connectivity index (χ3v) is 4.18. The van der Waals surface area contributed by atoms with Crippen molar-refractivity contribution in [3.63, 3.8) is 0 Å². The van der Waals surface area contributed by atoms with Crippen LogP contribution in [0.4, 0.5) is 23.2 Å². The maximum atomic E-state index is 14.8. The van der Waals surface area contributed by atoms with Crippen LogP contribution in [0.15, 0.2) is 36.7 Å². The van der Waals surface area contributed by atoms with Crippen LogP contribution in [0.25, 0.3) is 0 Å². The highest BCUT2D eigenvalue weighted by molar-refractivity contribution is 5.52. The lowest BCUT2D eigenvalue weighted by molar-refractivity contribution is 0.105. The lowest BCUT2D eigenvalue weighted by Crippen LogP contribution is -2.25. The van der Waals surface area contributed by atoms with Crippen LogP contribution in [-0.2, 0) is 0 Å². The topological polar surface area (TPSA) is 84.1 Å². The number of rotatable bonds is 7. The van der Waals surface area contributed by atoms with Gasteiger partial charge in [-0.2, -0.15) is 0 Å². The number of H-pyrrole nitrogens is 2. The van der Waals surface area contributed by atoms with Gasteiger partial charge in [-0.3, -0.25) is 0 Å². The number of aliphatic hydroxyl groups excluding tert-OH is 2. The molecule has 0 fully saturated rings. The predicted molar refractivity (Wildman–Crippen MR) is 90.4 cm³/mol. The molecule has 5 nitrogen and oxygen atoms in total. The first-order valence-corrected chi connectivity index (χ1v) is 8.10. The van der Waals surface area contributed by atoms with Crippen LogP contribution < -0.4 is 5.32 Å². The van der Waals surface area contributed by atoms with Crippen molar-refractivity contribution in [1.82, 2.24) is 9.97 Å². The van der Waals surface area contributed by atoms with Crippen LogP contribution in [-0.4, -0.2) is 39.4 Å². The van der Waals surface area contributed by atoms with Gasteiger partial charge in [-0.25, -0.2) is 17.6 Å². The van der Waals surface area contributed by atoms with Crippen molar-refractivity contribution in [3.05, 3.63) is 76.9 Å². The molecule has 0 unspecified atom stereocenters. The van der Waals surface area contributed by atoms with Crippen molar-refractivity contribution in [2.45, 2.75) is 12.0 Å². The molecule has 0 aliphatic heterocycles. The van der Waals surface area contributed by atoms with E-state index >= 15 is 0 Å². The Morgan fingerprint density at radius 3 is 1.81 bits per heavy atom. The molecule has 2 heterocycles. The predicted octanol–water partition coefficient (Wildman–Crippen LogP) is 2.84. The lowest BCUT2D eigenvalue weighted by atomic mass is 9.91. The maximum absolute atomic E-state index is 14.8. The van der Waals surface area contributed by atoms with E-state index in [1.165, 1.54) is 12.4 Å². The fourth-order valence-corrected chi connectivity index (χ4v) is 2.87. The standard InChI is InChI=1S/C18H17F4N3O2/c19-14-13(12(10-3-1-5-23-10)11-4-2-6-24-11)15(20)17(22)18(16(14)21)25-7-9(27)8-26/h1-6,9,12,23-27H,7-8H2/t9-/m1/s1. The number of anilines is 1. The first-order chi connectivity index (χ1) is 13.0. The summed E-state index contributed by atoms with van der Waals surface area (Å²) in [7, 11) is 0. The molecule has 0 amide bonds. The highest BCUT2D eigenvalue weighted by Gasteiger charge is 2.32. The zero-order valence-electron chi connectivity index (χ0n) is 13.9. The monoisotopic (exact) mass is 383 g/mol. The van der Waals surface area contributed by atoms with Crippen LogP contribution >= 0.6 is 0 Å². The second kappa shape index (κ2) is 7.85. The van der Waals surface area contributed by atoms with E-state index in [4.69, 9.17) is 5.11 Å². The van der Waals surface area contributed by atoms with E-state index < -0.39 is 59.7 Å². The van der Waals surface area contributed by atoms with E-state index in [9.17, 15) is 22.7 Å². The molecule has 5 N–H and O–H groups in total.